The molecule has 3 aromatic rings. The molecule has 0 amide bonds. The van der Waals surface area contributed by atoms with Crippen LogP contribution < -0.4 is 5.56 Å². The first-order valence-corrected chi connectivity index (χ1v) is 10.6. The Hall–Kier alpha value is -2.51. The first kappa shape index (κ1) is 18.5. The normalized spacial score (nSPS) is 19.7. The average molecular weight is 393 g/mol. The molecule has 2 aromatic heterocycles. The summed E-state index contributed by atoms with van der Waals surface area (Å²) in [7, 11) is 0. The molecule has 0 spiro atoms. The van der Waals surface area contributed by atoms with Gasteiger partial charge in [-0.2, -0.15) is 0 Å². The van der Waals surface area contributed by atoms with Crippen LogP contribution in [0.15, 0.2) is 35.3 Å². The predicted molar refractivity (Wildman–Crippen MR) is 111 cm³/mol. The van der Waals surface area contributed by atoms with Crippen LogP contribution in [0.4, 0.5) is 0 Å². The van der Waals surface area contributed by atoms with Gasteiger partial charge in [0.1, 0.15) is 11.6 Å². The van der Waals surface area contributed by atoms with E-state index in [0.29, 0.717) is 5.39 Å². The minimum atomic E-state index is -0.0760. The number of likely N-dealkylation sites (tertiary alicyclic amines) is 1. The van der Waals surface area contributed by atoms with Crippen LogP contribution in [-0.4, -0.2) is 42.3 Å². The van der Waals surface area contributed by atoms with Gasteiger partial charge in [-0.3, -0.25) is 14.3 Å². The molecule has 0 saturated carbocycles. The van der Waals surface area contributed by atoms with Crippen LogP contribution in [0.1, 0.15) is 49.1 Å². The fourth-order valence-corrected chi connectivity index (χ4v) is 4.82. The van der Waals surface area contributed by atoms with Crippen LogP contribution in [-0.2, 0) is 26.1 Å². The zero-order valence-electron chi connectivity index (χ0n) is 16.6. The van der Waals surface area contributed by atoms with Crippen LogP contribution in [0.25, 0.3) is 10.9 Å². The standard InChI is InChI=1S/C22H27N5O2/c28-13-12-27-21(24-18-7-2-1-6-17(18)22(27)29)19-8-5-11-25(19)14-16-15-26-10-4-3-9-20(26)23-16/h1-2,6-7,15,19,28H,3-5,8-14H2. The maximum atomic E-state index is 13.1. The van der Waals surface area contributed by atoms with Gasteiger partial charge in [-0.1, -0.05) is 12.1 Å². The quantitative estimate of drug-likeness (QED) is 0.720. The first-order chi connectivity index (χ1) is 14.2. The molecule has 0 bridgehead atoms. The molecule has 1 atom stereocenters. The maximum Gasteiger partial charge on any atom is 0.261 e. The fourth-order valence-electron chi connectivity index (χ4n) is 4.82. The van der Waals surface area contributed by atoms with E-state index in [1.165, 1.54) is 18.7 Å². The Bertz CT molecular complexity index is 1060. The minimum absolute atomic E-state index is 0.0658. The van der Waals surface area contributed by atoms with Crippen LogP contribution in [0.3, 0.4) is 0 Å². The van der Waals surface area contributed by atoms with Gasteiger partial charge in [0.15, 0.2) is 0 Å². The lowest BCUT2D eigenvalue weighted by molar-refractivity contribution is 0.221. The number of para-hydroxylation sites is 1. The third-order valence-electron chi connectivity index (χ3n) is 6.20. The van der Waals surface area contributed by atoms with Crippen molar-refractivity contribution in [2.75, 3.05) is 13.2 Å². The molecule has 152 valence electrons. The van der Waals surface area contributed by atoms with E-state index in [-0.39, 0.29) is 24.8 Å². The van der Waals surface area contributed by atoms with Gasteiger partial charge in [-0.25, -0.2) is 9.97 Å². The molecule has 7 heteroatoms. The van der Waals surface area contributed by atoms with Gasteiger partial charge in [0.05, 0.1) is 35.8 Å². The van der Waals surface area contributed by atoms with Gasteiger partial charge < -0.3 is 9.67 Å². The number of hydrogen-bond donors (Lipinski definition) is 1. The van der Waals surface area contributed by atoms with Crippen LogP contribution in [0.5, 0.6) is 0 Å². The molecule has 5 rings (SSSR count). The molecule has 1 fully saturated rings. The van der Waals surface area contributed by atoms with Crippen molar-refractivity contribution in [2.45, 2.75) is 57.8 Å². The number of imidazole rings is 1. The second-order valence-electron chi connectivity index (χ2n) is 8.10. The fraction of sp³-hybridized carbons (Fsp3) is 0.500. The number of hydrogen-bond acceptors (Lipinski definition) is 5. The molecule has 2 aliphatic rings. The summed E-state index contributed by atoms with van der Waals surface area (Å²) in [5, 5.41) is 10.2. The number of aromatic nitrogens is 4. The number of nitrogens with zero attached hydrogens (tertiary/aromatic N) is 5. The summed E-state index contributed by atoms with van der Waals surface area (Å²) < 4.78 is 3.96. The second-order valence-corrected chi connectivity index (χ2v) is 8.10. The van der Waals surface area contributed by atoms with E-state index < -0.39 is 0 Å². The number of fused-ring (bicyclic) bond motifs is 2. The van der Waals surface area contributed by atoms with E-state index in [2.05, 4.69) is 15.7 Å². The highest BCUT2D eigenvalue weighted by atomic mass is 16.3. The van der Waals surface area contributed by atoms with Crippen molar-refractivity contribution in [1.82, 2.24) is 24.0 Å². The Kier molecular flexibility index (Phi) is 4.93. The topological polar surface area (TPSA) is 76.2 Å². The lowest BCUT2D eigenvalue weighted by Gasteiger charge is -2.25. The highest BCUT2D eigenvalue weighted by molar-refractivity contribution is 5.77. The number of aliphatic hydroxyl groups is 1. The van der Waals surface area contributed by atoms with Crippen molar-refractivity contribution in [3.63, 3.8) is 0 Å². The smallest absolute Gasteiger partial charge is 0.261 e. The van der Waals surface area contributed by atoms with Gasteiger partial charge in [0.25, 0.3) is 5.56 Å². The number of rotatable bonds is 5. The number of benzene rings is 1. The molecule has 1 saturated heterocycles. The summed E-state index contributed by atoms with van der Waals surface area (Å²) in [6.07, 6.45) is 7.73. The molecule has 7 nitrogen and oxygen atoms in total. The summed E-state index contributed by atoms with van der Waals surface area (Å²) in [5.41, 5.74) is 1.76. The molecule has 1 N–H and O–H groups in total. The second kappa shape index (κ2) is 7.72. The average Bonchev–Trinajstić information content (AvgIpc) is 3.36. The van der Waals surface area contributed by atoms with E-state index in [1.54, 1.807) is 4.57 Å². The van der Waals surface area contributed by atoms with E-state index >= 15 is 0 Å². The monoisotopic (exact) mass is 393 g/mol. The molecule has 1 aromatic carbocycles. The zero-order valence-corrected chi connectivity index (χ0v) is 16.6. The third-order valence-corrected chi connectivity index (χ3v) is 6.20. The molecule has 4 heterocycles. The molecule has 1 unspecified atom stereocenters. The Labute approximate surface area is 169 Å². The lowest BCUT2D eigenvalue weighted by Crippen LogP contribution is -2.33. The van der Waals surface area contributed by atoms with Gasteiger partial charge in [0, 0.05) is 25.7 Å². The molecule has 0 radical (unpaired) electrons. The SMILES string of the molecule is O=c1c2ccccc2nc(C2CCCN2Cc2cn3c(n2)CCCC3)n1CCO. The molecule has 2 aliphatic heterocycles. The van der Waals surface area contributed by atoms with Gasteiger partial charge in [-0.15, -0.1) is 0 Å². The van der Waals surface area contributed by atoms with Crippen molar-refractivity contribution >= 4 is 10.9 Å². The predicted octanol–water partition coefficient (Wildman–Crippen LogP) is 2.26. The van der Waals surface area contributed by atoms with Crippen molar-refractivity contribution in [3.8, 4) is 0 Å². The lowest BCUT2D eigenvalue weighted by atomic mass is 10.1. The van der Waals surface area contributed by atoms with Crippen LogP contribution >= 0.6 is 0 Å². The van der Waals surface area contributed by atoms with Crippen LogP contribution in [0.2, 0.25) is 0 Å². The highest BCUT2D eigenvalue weighted by Crippen LogP contribution is 2.32. The van der Waals surface area contributed by atoms with Gasteiger partial charge in [0.2, 0.25) is 0 Å². The molecule has 29 heavy (non-hydrogen) atoms. The summed E-state index contributed by atoms with van der Waals surface area (Å²) >= 11 is 0. The summed E-state index contributed by atoms with van der Waals surface area (Å²) in [6, 6.07) is 7.54. The Morgan fingerprint density at radius 3 is 2.86 bits per heavy atom. The number of aryl methyl sites for hydroxylation is 2. The highest BCUT2D eigenvalue weighted by Gasteiger charge is 2.31. The molecule has 0 aliphatic carbocycles. The number of aliphatic hydroxyl groups excluding tert-OH is 1. The van der Waals surface area contributed by atoms with Crippen molar-refractivity contribution in [3.05, 3.63) is 58.2 Å². The third kappa shape index (κ3) is 3.38. The summed E-state index contributed by atoms with van der Waals surface area (Å²) in [6.45, 7) is 3.00. The largest absolute Gasteiger partial charge is 0.395 e. The maximum absolute atomic E-state index is 13.1. The van der Waals surface area contributed by atoms with E-state index in [1.807, 2.05) is 24.3 Å². The van der Waals surface area contributed by atoms with Gasteiger partial charge in [-0.05, 0) is 44.4 Å². The Morgan fingerprint density at radius 1 is 1.10 bits per heavy atom. The van der Waals surface area contributed by atoms with Crippen LogP contribution in [0, 0.1) is 0 Å². The Morgan fingerprint density at radius 2 is 2.00 bits per heavy atom. The molecular weight excluding hydrogens is 366 g/mol. The van der Waals surface area contributed by atoms with Crippen molar-refractivity contribution in [2.24, 2.45) is 0 Å². The molecular formula is C22H27N5O2. The summed E-state index contributed by atoms with van der Waals surface area (Å²) in [5.74, 6) is 1.97. The minimum Gasteiger partial charge on any atom is -0.395 e. The zero-order chi connectivity index (χ0) is 19.8. The van der Waals surface area contributed by atoms with Gasteiger partial charge >= 0.3 is 0 Å². The summed E-state index contributed by atoms with van der Waals surface area (Å²) in [4.78, 5) is 25.2. The van der Waals surface area contributed by atoms with E-state index in [9.17, 15) is 9.90 Å². The van der Waals surface area contributed by atoms with E-state index in [0.717, 1.165) is 55.9 Å². The Balaban J connectivity index is 1.50. The first-order valence-electron chi connectivity index (χ1n) is 10.6. The van der Waals surface area contributed by atoms with E-state index in [4.69, 9.17) is 9.97 Å². The van der Waals surface area contributed by atoms with Crippen molar-refractivity contribution in [1.29, 1.82) is 0 Å². The van der Waals surface area contributed by atoms with Crippen molar-refractivity contribution < 1.29 is 5.11 Å².